The fourth-order valence-electron chi connectivity index (χ4n) is 3.45. The highest BCUT2D eigenvalue weighted by Gasteiger charge is 2.32. The average Bonchev–Trinajstić information content (AvgIpc) is 2.94. The van der Waals surface area contributed by atoms with Crippen LogP contribution < -0.4 is 5.32 Å². The number of nitrogens with one attached hydrogen (secondary N) is 1. The van der Waals surface area contributed by atoms with E-state index in [1.54, 1.807) is 12.1 Å². The fourth-order valence-corrected chi connectivity index (χ4v) is 3.45. The van der Waals surface area contributed by atoms with Crippen molar-refractivity contribution in [3.63, 3.8) is 0 Å². The van der Waals surface area contributed by atoms with Crippen LogP contribution in [0, 0.1) is 0 Å². The van der Waals surface area contributed by atoms with Gasteiger partial charge in [-0.25, -0.2) is 9.18 Å². The highest BCUT2D eigenvalue weighted by molar-refractivity contribution is 6.00. The number of nitrogens with zero attached hydrogens (tertiary/aromatic N) is 2. The summed E-state index contributed by atoms with van der Waals surface area (Å²) in [6, 6.07) is 5.67. The van der Waals surface area contributed by atoms with Crippen molar-refractivity contribution in [3.8, 4) is 0 Å². The molecule has 1 aliphatic rings. The number of carbonyl (C=O) groups is 1. The lowest BCUT2D eigenvalue weighted by molar-refractivity contribution is -0.140. The van der Waals surface area contributed by atoms with E-state index >= 15 is 0 Å². The van der Waals surface area contributed by atoms with Crippen LogP contribution in [-0.4, -0.2) is 61.1 Å². The van der Waals surface area contributed by atoms with Gasteiger partial charge in [0.05, 0.1) is 18.7 Å². The number of halogens is 4. The predicted molar refractivity (Wildman–Crippen MR) is 93.8 cm³/mol. The molecule has 0 saturated carbocycles. The summed E-state index contributed by atoms with van der Waals surface area (Å²) >= 11 is 0. The van der Waals surface area contributed by atoms with Gasteiger partial charge < -0.3 is 19.5 Å². The zero-order chi connectivity index (χ0) is 19.8. The lowest BCUT2D eigenvalue weighted by Crippen LogP contribution is -2.46. The molecule has 2 unspecified atom stereocenters. The van der Waals surface area contributed by atoms with E-state index in [1.165, 1.54) is 12.1 Å². The van der Waals surface area contributed by atoms with Gasteiger partial charge in [-0.3, -0.25) is 0 Å². The number of esters is 1. The molecule has 2 heterocycles. The van der Waals surface area contributed by atoms with Crippen molar-refractivity contribution in [2.45, 2.75) is 31.4 Å². The number of anilines is 1. The second kappa shape index (κ2) is 7.38. The largest absolute Gasteiger partial charge is 0.464 e. The molecule has 9 heteroatoms. The van der Waals surface area contributed by atoms with Crippen molar-refractivity contribution in [2.75, 3.05) is 32.6 Å². The SMILES string of the molecule is COC(=O)c1cc2c(NC3CCN(C)CC3F)cccc2n1CC(F)(F)F. The van der Waals surface area contributed by atoms with Gasteiger partial charge in [0.25, 0.3) is 0 Å². The minimum absolute atomic E-state index is 0.195. The summed E-state index contributed by atoms with van der Waals surface area (Å²) in [6.07, 6.45) is -5.03. The molecule has 0 radical (unpaired) electrons. The highest BCUT2D eigenvalue weighted by atomic mass is 19.4. The van der Waals surface area contributed by atoms with E-state index in [0.717, 1.165) is 18.2 Å². The van der Waals surface area contributed by atoms with Crippen molar-refractivity contribution < 1.29 is 27.1 Å². The second-order valence-corrected chi connectivity index (χ2v) is 6.78. The molecule has 148 valence electrons. The van der Waals surface area contributed by atoms with Gasteiger partial charge in [0, 0.05) is 24.2 Å². The summed E-state index contributed by atoms with van der Waals surface area (Å²) < 4.78 is 58.9. The lowest BCUT2D eigenvalue weighted by Gasteiger charge is -2.33. The van der Waals surface area contributed by atoms with Gasteiger partial charge >= 0.3 is 12.1 Å². The zero-order valence-corrected chi connectivity index (χ0v) is 15.0. The molecule has 0 bridgehead atoms. The van der Waals surface area contributed by atoms with Crippen molar-refractivity contribution in [1.82, 2.24) is 9.47 Å². The minimum Gasteiger partial charge on any atom is -0.464 e. The van der Waals surface area contributed by atoms with Crippen LogP contribution in [0.4, 0.5) is 23.2 Å². The topological polar surface area (TPSA) is 46.5 Å². The molecule has 2 atom stereocenters. The van der Waals surface area contributed by atoms with Crippen LogP contribution in [0.25, 0.3) is 10.9 Å². The maximum Gasteiger partial charge on any atom is 0.406 e. The van der Waals surface area contributed by atoms with E-state index in [4.69, 9.17) is 0 Å². The number of piperidine rings is 1. The maximum atomic E-state index is 14.3. The molecule has 3 rings (SSSR count). The Kier molecular flexibility index (Phi) is 5.32. The summed E-state index contributed by atoms with van der Waals surface area (Å²) in [5.41, 5.74) is 0.538. The van der Waals surface area contributed by atoms with E-state index in [2.05, 4.69) is 10.1 Å². The predicted octanol–water partition coefficient (Wildman–Crippen LogP) is 3.44. The Morgan fingerprint density at radius 2 is 2.11 bits per heavy atom. The molecule has 1 N–H and O–H groups in total. The Morgan fingerprint density at radius 3 is 2.74 bits per heavy atom. The number of fused-ring (bicyclic) bond motifs is 1. The van der Waals surface area contributed by atoms with Crippen LogP contribution in [0.3, 0.4) is 0 Å². The third-order valence-corrected chi connectivity index (χ3v) is 4.76. The highest BCUT2D eigenvalue weighted by Crippen LogP contribution is 2.32. The van der Waals surface area contributed by atoms with Crippen LogP contribution in [-0.2, 0) is 11.3 Å². The smallest absolute Gasteiger partial charge is 0.406 e. The van der Waals surface area contributed by atoms with Crippen molar-refractivity contribution >= 4 is 22.6 Å². The molecule has 2 aromatic rings. The normalized spacial score (nSPS) is 21.4. The number of rotatable bonds is 4. The van der Waals surface area contributed by atoms with Crippen LogP contribution in [0.15, 0.2) is 24.3 Å². The van der Waals surface area contributed by atoms with Gasteiger partial charge in [-0.2, -0.15) is 13.2 Å². The second-order valence-electron chi connectivity index (χ2n) is 6.78. The fraction of sp³-hybridized carbons (Fsp3) is 0.500. The van der Waals surface area contributed by atoms with Crippen molar-refractivity contribution in [2.24, 2.45) is 0 Å². The number of hydrogen-bond acceptors (Lipinski definition) is 4. The van der Waals surface area contributed by atoms with Crippen molar-refractivity contribution in [3.05, 3.63) is 30.0 Å². The van der Waals surface area contributed by atoms with Crippen LogP contribution >= 0.6 is 0 Å². The number of alkyl halides is 4. The van der Waals surface area contributed by atoms with Crippen LogP contribution in [0.2, 0.25) is 0 Å². The van der Waals surface area contributed by atoms with E-state index in [0.29, 0.717) is 17.5 Å². The molecule has 1 fully saturated rings. The first kappa shape index (κ1) is 19.5. The number of benzene rings is 1. The van der Waals surface area contributed by atoms with Gasteiger partial charge in [0.1, 0.15) is 18.4 Å². The molecular weight excluding hydrogens is 366 g/mol. The van der Waals surface area contributed by atoms with Gasteiger partial charge in [-0.1, -0.05) is 6.07 Å². The maximum absolute atomic E-state index is 14.3. The van der Waals surface area contributed by atoms with Crippen molar-refractivity contribution in [1.29, 1.82) is 0 Å². The molecule has 0 spiro atoms. The Hall–Kier alpha value is -2.29. The summed E-state index contributed by atoms with van der Waals surface area (Å²) in [4.78, 5) is 13.9. The van der Waals surface area contributed by atoms with E-state index in [1.807, 2.05) is 11.9 Å². The summed E-state index contributed by atoms with van der Waals surface area (Å²) in [5.74, 6) is -0.857. The molecule has 1 aromatic carbocycles. The third kappa shape index (κ3) is 4.18. The molecule has 0 aliphatic carbocycles. The number of carbonyl (C=O) groups excluding carboxylic acids is 1. The lowest BCUT2D eigenvalue weighted by atomic mass is 10.0. The summed E-state index contributed by atoms with van der Waals surface area (Å²) in [7, 11) is 2.95. The summed E-state index contributed by atoms with van der Waals surface area (Å²) in [5, 5.41) is 3.53. The zero-order valence-electron chi connectivity index (χ0n) is 15.0. The molecule has 0 amide bonds. The van der Waals surface area contributed by atoms with Crippen LogP contribution in [0.5, 0.6) is 0 Å². The molecule has 1 saturated heterocycles. The first-order chi connectivity index (χ1) is 12.7. The van der Waals surface area contributed by atoms with E-state index in [9.17, 15) is 22.4 Å². The van der Waals surface area contributed by atoms with E-state index in [-0.39, 0.29) is 17.8 Å². The first-order valence-corrected chi connectivity index (χ1v) is 8.56. The van der Waals surface area contributed by atoms with E-state index < -0.39 is 30.9 Å². The Bertz CT molecular complexity index is 834. The number of likely N-dealkylation sites (tertiary alicyclic amines) is 1. The Labute approximate surface area is 153 Å². The molecule has 5 nitrogen and oxygen atoms in total. The number of methoxy groups -OCH3 is 1. The molecular formula is C18H21F4N3O2. The average molecular weight is 387 g/mol. The standard InChI is InChI=1S/C18H21F4N3O2/c1-24-7-6-14(12(19)9-24)23-13-4-3-5-15-11(13)8-16(17(26)27-2)25(15)10-18(20,21)22/h3-5,8,12,14,23H,6-7,9-10H2,1-2H3. The molecule has 1 aliphatic heterocycles. The number of aromatic nitrogens is 1. The van der Waals surface area contributed by atoms with Gasteiger partial charge in [-0.15, -0.1) is 0 Å². The first-order valence-electron chi connectivity index (χ1n) is 8.56. The van der Waals surface area contributed by atoms with Crippen LogP contribution in [0.1, 0.15) is 16.9 Å². The summed E-state index contributed by atoms with van der Waals surface area (Å²) in [6.45, 7) is -0.308. The minimum atomic E-state index is -4.50. The Morgan fingerprint density at radius 1 is 1.37 bits per heavy atom. The third-order valence-electron chi connectivity index (χ3n) is 4.76. The van der Waals surface area contributed by atoms with Gasteiger partial charge in [0.15, 0.2) is 0 Å². The van der Waals surface area contributed by atoms with Gasteiger partial charge in [0.2, 0.25) is 0 Å². The molecule has 1 aromatic heterocycles. The monoisotopic (exact) mass is 387 g/mol. The quantitative estimate of drug-likeness (QED) is 0.645. The molecule has 27 heavy (non-hydrogen) atoms. The number of hydrogen-bond donors (Lipinski definition) is 1. The van der Waals surface area contributed by atoms with Gasteiger partial charge in [-0.05, 0) is 31.7 Å². The number of ether oxygens (including phenoxy) is 1. The Balaban J connectivity index is 2.01.